The Hall–Kier alpha value is -3.47. The Bertz CT molecular complexity index is 1070. The number of ether oxygens (including phenoxy) is 3. The van der Waals surface area contributed by atoms with Crippen LogP contribution >= 0.6 is 0 Å². The van der Waals surface area contributed by atoms with Crippen molar-refractivity contribution in [2.24, 2.45) is 5.92 Å². The minimum absolute atomic E-state index is 0.191. The topological polar surface area (TPSA) is 65.0 Å². The summed E-state index contributed by atoms with van der Waals surface area (Å²) < 4.78 is 16.2. The lowest BCUT2D eigenvalue weighted by Gasteiger charge is -2.23. The summed E-state index contributed by atoms with van der Waals surface area (Å²) in [6.45, 7) is 0.191. The molecule has 0 bridgehead atoms. The van der Waals surface area contributed by atoms with Crippen LogP contribution in [0.1, 0.15) is 34.1 Å². The molecule has 0 unspecified atom stereocenters. The lowest BCUT2D eigenvalue weighted by Crippen LogP contribution is -2.23. The van der Waals surface area contributed by atoms with Crippen molar-refractivity contribution < 1.29 is 24.1 Å². The van der Waals surface area contributed by atoms with E-state index in [9.17, 15) is 9.90 Å². The third-order valence-corrected chi connectivity index (χ3v) is 5.90. The van der Waals surface area contributed by atoms with Crippen molar-refractivity contribution in [3.63, 3.8) is 0 Å². The van der Waals surface area contributed by atoms with Gasteiger partial charge in [0.05, 0.1) is 13.0 Å². The molecule has 3 aromatic carbocycles. The van der Waals surface area contributed by atoms with E-state index in [1.165, 1.54) is 0 Å². The molecule has 2 aliphatic rings. The predicted molar refractivity (Wildman–Crippen MR) is 107 cm³/mol. The Morgan fingerprint density at radius 1 is 0.897 bits per heavy atom. The molecule has 0 aromatic heterocycles. The highest BCUT2D eigenvalue weighted by Gasteiger charge is 2.46. The van der Waals surface area contributed by atoms with Gasteiger partial charge in [0.1, 0.15) is 5.75 Å². The lowest BCUT2D eigenvalue weighted by atomic mass is 9.79. The van der Waals surface area contributed by atoms with Crippen LogP contribution in [0.2, 0.25) is 0 Å². The van der Waals surface area contributed by atoms with Gasteiger partial charge in [-0.05, 0) is 46.5 Å². The summed E-state index contributed by atoms with van der Waals surface area (Å²) in [5, 5.41) is 10.3. The molecule has 0 fully saturated rings. The fourth-order valence-corrected chi connectivity index (χ4v) is 4.63. The second kappa shape index (κ2) is 6.85. The molecule has 1 aliphatic heterocycles. The first-order valence-corrected chi connectivity index (χ1v) is 9.52. The average molecular weight is 388 g/mol. The van der Waals surface area contributed by atoms with Gasteiger partial charge in [-0.1, -0.05) is 42.5 Å². The normalized spacial score (nSPS) is 21.6. The molecule has 3 aromatic rings. The summed E-state index contributed by atoms with van der Waals surface area (Å²) in [6, 6.07) is 21.4. The van der Waals surface area contributed by atoms with Gasteiger partial charge in [0.15, 0.2) is 11.5 Å². The van der Waals surface area contributed by atoms with Crippen LogP contribution in [0.4, 0.5) is 0 Å². The molecule has 3 atom stereocenters. The number of rotatable bonds is 4. The number of hydrogen-bond acceptors (Lipinski definition) is 4. The van der Waals surface area contributed by atoms with Gasteiger partial charge in [0.25, 0.3) is 0 Å². The van der Waals surface area contributed by atoms with E-state index in [4.69, 9.17) is 14.2 Å². The molecular weight excluding hydrogens is 368 g/mol. The summed E-state index contributed by atoms with van der Waals surface area (Å²) in [5.41, 5.74) is 3.98. The first kappa shape index (κ1) is 17.6. The second-order valence-corrected chi connectivity index (χ2v) is 7.33. The Morgan fingerprint density at radius 3 is 2.17 bits per heavy atom. The Kier molecular flexibility index (Phi) is 4.16. The SMILES string of the molecule is COc1ccc([C@@H]2c3ccccc3[C@H](c3ccc4c(c3)OCO4)[C@H]2C(=O)O)cc1. The van der Waals surface area contributed by atoms with Crippen LogP contribution in [0.25, 0.3) is 0 Å². The molecule has 0 saturated carbocycles. The maximum atomic E-state index is 12.5. The Morgan fingerprint density at radius 2 is 1.52 bits per heavy atom. The fourth-order valence-electron chi connectivity index (χ4n) is 4.63. The maximum Gasteiger partial charge on any atom is 0.308 e. The summed E-state index contributed by atoms with van der Waals surface area (Å²) >= 11 is 0. The zero-order valence-corrected chi connectivity index (χ0v) is 15.9. The predicted octanol–water partition coefficient (Wildman–Crippen LogP) is 4.40. The first-order chi connectivity index (χ1) is 14.2. The average Bonchev–Trinajstić information content (AvgIpc) is 3.35. The second-order valence-electron chi connectivity index (χ2n) is 7.33. The molecule has 5 rings (SSSR count). The number of benzene rings is 3. The molecule has 0 spiro atoms. The number of fused-ring (bicyclic) bond motifs is 2. The number of hydrogen-bond donors (Lipinski definition) is 1. The van der Waals surface area contributed by atoms with Crippen LogP contribution < -0.4 is 14.2 Å². The van der Waals surface area contributed by atoms with E-state index < -0.39 is 11.9 Å². The number of carbonyl (C=O) groups is 1. The molecular formula is C24H20O5. The van der Waals surface area contributed by atoms with E-state index in [1.807, 2.05) is 66.7 Å². The summed E-state index contributed by atoms with van der Waals surface area (Å²) in [5.74, 6) is 0.149. The number of carboxylic acids is 1. The highest BCUT2D eigenvalue weighted by molar-refractivity contribution is 5.78. The molecule has 1 heterocycles. The highest BCUT2D eigenvalue weighted by atomic mass is 16.7. The van der Waals surface area contributed by atoms with E-state index in [-0.39, 0.29) is 18.6 Å². The van der Waals surface area contributed by atoms with Crippen LogP contribution in [0.5, 0.6) is 17.2 Å². The molecule has 5 nitrogen and oxygen atoms in total. The summed E-state index contributed by atoms with van der Waals surface area (Å²) in [6.07, 6.45) is 0. The zero-order chi connectivity index (χ0) is 20.0. The molecule has 5 heteroatoms. The van der Waals surface area contributed by atoms with Gasteiger partial charge >= 0.3 is 5.97 Å². The van der Waals surface area contributed by atoms with Crippen molar-refractivity contribution in [2.75, 3.05) is 13.9 Å². The maximum absolute atomic E-state index is 12.5. The molecule has 29 heavy (non-hydrogen) atoms. The van der Waals surface area contributed by atoms with E-state index in [0.717, 1.165) is 28.0 Å². The van der Waals surface area contributed by atoms with Gasteiger partial charge in [-0.25, -0.2) is 0 Å². The standard InChI is InChI=1S/C24H20O5/c1-27-16-9-6-14(7-10-16)21-17-4-2-3-5-18(17)22(23(21)24(25)26)15-8-11-19-20(12-15)29-13-28-19/h2-12,21-23H,13H2,1H3,(H,25,26)/t21-,22+,23+/m1/s1. The number of aliphatic carboxylic acids is 1. The minimum Gasteiger partial charge on any atom is -0.497 e. The number of carboxylic acid groups (broad SMARTS) is 1. The molecule has 1 aliphatic carbocycles. The quantitative estimate of drug-likeness (QED) is 0.718. The van der Waals surface area contributed by atoms with Gasteiger partial charge in [0.2, 0.25) is 6.79 Å². The molecule has 1 N–H and O–H groups in total. The van der Waals surface area contributed by atoms with Crippen LogP contribution in [0.15, 0.2) is 66.7 Å². The van der Waals surface area contributed by atoms with Gasteiger partial charge in [-0.15, -0.1) is 0 Å². The third-order valence-electron chi connectivity index (χ3n) is 5.90. The van der Waals surface area contributed by atoms with Gasteiger partial charge in [0, 0.05) is 11.8 Å². The van der Waals surface area contributed by atoms with Crippen LogP contribution in [0, 0.1) is 5.92 Å². The smallest absolute Gasteiger partial charge is 0.308 e. The van der Waals surface area contributed by atoms with Gasteiger partial charge in [-0.3, -0.25) is 4.79 Å². The fraction of sp³-hybridized carbons (Fsp3) is 0.208. The van der Waals surface area contributed by atoms with E-state index in [1.54, 1.807) is 7.11 Å². The highest BCUT2D eigenvalue weighted by Crippen LogP contribution is 2.53. The lowest BCUT2D eigenvalue weighted by molar-refractivity contribution is -0.142. The monoisotopic (exact) mass is 388 g/mol. The molecule has 0 amide bonds. The number of methoxy groups -OCH3 is 1. The van der Waals surface area contributed by atoms with E-state index in [0.29, 0.717) is 11.5 Å². The van der Waals surface area contributed by atoms with Gasteiger partial charge < -0.3 is 19.3 Å². The van der Waals surface area contributed by atoms with E-state index in [2.05, 4.69) is 0 Å². The van der Waals surface area contributed by atoms with Crippen LogP contribution in [-0.2, 0) is 4.79 Å². The van der Waals surface area contributed by atoms with Crippen molar-refractivity contribution in [3.8, 4) is 17.2 Å². The molecule has 0 saturated heterocycles. The Labute approximate surface area is 168 Å². The minimum atomic E-state index is -0.815. The van der Waals surface area contributed by atoms with Crippen LogP contribution in [-0.4, -0.2) is 25.0 Å². The Balaban J connectivity index is 1.66. The zero-order valence-electron chi connectivity index (χ0n) is 15.9. The van der Waals surface area contributed by atoms with Crippen molar-refractivity contribution in [1.82, 2.24) is 0 Å². The van der Waals surface area contributed by atoms with Crippen molar-refractivity contribution >= 4 is 5.97 Å². The summed E-state index contributed by atoms with van der Waals surface area (Å²) in [7, 11) is 1.62. The summed E-state index contributed by atoms with van der Waals surface area (Å²) in [4.78, 5) is 12.5. The van der Waals surface area contributed by atoms with Crippen molar-refractivity contribution in [1.29, 1.82) is 0 Å². The largest absolute Gasteiger partial charge is 0.497 e. The van der Waals surface area contributed by atoms with Crippen molar-refractivity contribution in [3.05, 3.63) is 89.0 Å². The first-order valence-electron chi connectivity index (χ1n) is 9.52. The van der Waals surface area contributed by atoms with E-state index >= 15 is 0 Å². The van der Waals surface area contributed by atoms with Gasteiger partial charge in [-0.2, -0.15) is 0 Å². The van der Waals surface area contributed by atoms with Crippen LogP contribution in [0.3, 0.4) is 0 Å². The molecule has 146 valence electrons. The third kappa shape index (κ3) is 2.81. The molecule has 0 radical (unpaired) electrons. The van der Waals surface area contributed by atoms with Crippen molar-refractivity contribution in [2.45, 2.75) is 11.8 Å².